The third-order valence-corrected chi connectivity index (χ3v) is 5.03. The summed E-state index contributed by atoms with van der Waals surface area (Å²) >= 11 is 0. The number of likely N-dealkylation sites (tertiary alicyclic amines) is 1. The molecule has 0 aliphatic carbocycles. The molecule has 1 saturated heterocycles. The van der Waals surface area contributed by atoms with Gasteiger partial charge < -0.3 is 10.1 Å². The molecule has 0 spiro atoms. The van der Waals surface area contributed by atoms with Crippen LogP contribution in [0, 0.1) is 5.92 Å². The molecule has 2 atom stereocenters. The van der Waals surface area contributed by atoms with E-state index < -0.39 is 9.84 Å². The van der Waals surface area contributed by atoms with Gasteiger partial charge in [-0.25, -0.2) is 13.4 Å². The minimum absolute atomic E-state index is 0.203. The lowest BCUT2D eigenvalue weighted by Gasteiger charge is -2.19. The van der Waals surface area contributed by atoms with E-state index in [1.165, 1.54) is 6.26 Å². The maximum absolute atomic E-state index is 11.4. The van der Waals surface area contributed by atoms with Crippen LogP contribution in [0.1, 0.15) is 19.8 Å². The van der Waals surface area contributed by atoms with Crippen LogP contribution in [0.25, 0.3) is 0 Å². The van der Waals surface area contributed by atoms with Crippen LogP contribution in [-0.2, 0) is 9.84 Å². The maximum atomic E-state index is 11.4. The molecule has 2 rings (SSSR count). The minimum atomic E-state index is -2.93. The van der Waals surface area contributed by atoms with Gasteiger partial charge in [-0.2, -0.15) is 4.98 Å². The number of nitrogens with zero attached hydrogens (tertiary/aromatic N) is 3. The molecule has 1 aromatic rings. The maximum Gasteiger partial charge on any atom is 0.226 e. The van der Waals surface area contributed by atoms with E-state index in [0.717, 1.165) is 25.9 Å². The number of rotatable bonds is 8. The van der Waals surface area contributed by atoms with Crippen LogP contribution in [0.2, 0.25) is 0 Å². The molecule has 7 nitrogen and oxygen atoms in total. The third-order valence-electron chi connectivity index (χ3n) is 4.11. The Bertz CT molecular complexity index is 608. The summed E-state index contributed by atoms with van der Waals surface area (Å²) in [5.41, 5.74) is 0. The first-order chi connectivity index (χ1) is 10.9. The normalized spacial score (nSPS) is 22.2. The van der Waals surface area contributed by atoms with Crippen LogP contribution < -0.4 is 10.1 Å². The molecule has 0 bridgehead atoms. The zero-order valence-electron chi connectivity index (χ0n) is 14.0. The van der Waals surface area contributed by atoms with E-state index in [0.29, 0.717) is 24.3 Å². The Morgan fingerprint density at radius 3 is 2.87 bits per heavy atom. The van der Waals surface area contributed by atoms with E-state index in [2.05, 4.69) is 27.1 Å². The molecule has 1 aliphatic rings. The fourth-order valence-corrected chi connectivity index (χ4v) is 3.55. The predicted octanol–water partition coefficient (Wildman–Crippen LogP) is 1.04. The van der Waals surface area contributed by atoms with Crippen molar-refractivity contribution in [1.82, 2.24) is 14.9 Å². The quantitative estimate of drug-likeness (QED) is 0.755. The average Bonchev–Trinajstić information content (AvgIpc) is 2.87. The lowest BCUT2D eigenvalue weighted by Crippen LogP contribution is -2.31. The smallest absolute Gasteiger partial charge is 0.226 e. The van der Waals surface area contributed by atoms with E-state index in [4.69, 9.17) is 4.74 Å². The first-order valence-electron chi connectivity index (χ1n) is 7.95. The number of ether oxygens (including phenoxy) is 1. The number of aromatic nitrogens is 2. The van der Waals surface area contributed by atoms with E-state index in [1.807, 2.05) is 0 Å². The highest BCUT2D eigenvalue weighted by Gasteiger charge is 2.32. The molecule has 23 heavy (non-hydrogen) atoms. The van der Waals surface area contributed by atoms with Crippen LogP contribution in [0.3, 0.4) is 0 Å². The molecule has 0 unspecified atom stereocenters. The summed E-state index contributed by atoms with van der Waals surface area (Å²) in [4.78, 5) is 10.7. The van der Waals surface area contributed by atoms with Gasteiger partial charge in [-0.3, -0.25) is 4.90 Å². The Kier molecular flexibility index (Phi) is 6.17. The van der Waals surface area contributed by atoms with Crippen molar-refractivity contribution in [3.8, 4) is 5.88 Å². The summed E-state index contributed by atoms with van der Waals surface area (Å²) in [6.45, 7) is 4.46. The molecule has 0 amide bonds. The minimum Gasteiger partial charge on any atom is -0.481 e. The summed E-state index contributed by atoms with van der Waals surface area (Å²) in [5.74, 6) is 1.75. The summed E-state index contributed by atoms with van der Waals surface area (Å²) in [7, 11) is -1.35. The number of hydrogen-bond acceptors (Lipinski definition) is 7. The molecule has 0 saturated carbocycles. The lowest BCUT2D eigenvalue weighted by atomic mass is 9.98. The number of methoxy groups -OCH3 is 1. The second-order valence-corrected chi connectivity index (χ2v) is 8.37. The van der Waals surface area contributed by atoms with Gasteiger partial charge >= 0.3 is 0 Å². The summed E-state index contributed by atoms with van der Waals surface area (Å²) < 4.78 is 27.8. The number of hydrogen-bond donors (Lipinski definition) is 1. The highest BCUT2D eigenvalue weighted by Crippen LogP contribution is 2.24. The van der Waals surface area contributed by atoms with E-state index in [-0.39, 0.29) is 11.8 Å². The van der Waals surface area contributed by atoms with Crippen LogP contribution >= 0.6 is 0 Å². The molecule has 1 fully saturated rings. The second-order valence-electron chi connectivity index (χ2n) is 6.11. The van der Waals surface area contributed by atoms with Crippen LogP contribution in [0.5, 0.6) is 5.88 Å². The van der Waals surface area contributed by atoms with Crippen molar-refractivity contribution >= 4 is 15.8 Å². The topological polar surface area (TPSA) is 84.4 Å². The van der Waals surface area contributed by atoms with E-state index in [1.54, 1.807) is 19.4 Å². The van der Waals surface area contributed by atoms with Gasteiger partial charge in [-0.05, 0) is 12.3 Å². The van der Waals surface area contributed by atoms with Crippen molar-refractivity contribution in [1.29, 1.82) is 0 Å². The van der Waals surface area contributed by atoms with Crippen molar-refractivity contribution in [2.45, 2.75) is 25.8 Å². The molecule has 0 radical (unpaired) electrons. The van der Waals surface area contributed by atoms with Crippen molar-refractivity contribution in [2.75, 3.05) is 44.1 Å². The van der Waals surface area contributed by atoms with E-state index >= 15 is 0 Å². The Morgan fingerprint density at radius 1 is 1.43 bits per heavy atom. The monoisotopic (exact) mass is 342 g/mol. The van der Waals surface area contributed by atoms with E-state index in [9.17, 15) is 8.42 Å². The zero-order valence-corrected chi connectivity index (χ0v) is 14.8. The van der Waals surface area contributed by atoms with Crippen LogP contribution in [0.4, 0.5) is 5.95 Å². The molecule has 2 heterocycles. The van der Waals surface area contributed by atoms with Gasteiger partial charge in [0.1, 0.15) is 9.84 Å². The molecule has 1 aromatic heterocycles. The summed E-state index contributed by atoms with van der Waals surface area (Å²) in [5, 5.41) is 3.38. The lowest BCUT2D eigenvalue weighted by molar-refractivity contribution is 0.338. The van der Waals surface area contributed by atoms with Gasteiger partial charge in [-0.15, -0.1) is 0 Å². The van der Waals surface area contributed by atoms with Crippen LogP contribution in [0.15, 0.2) is 12.3 Å². The molecule has 130 valence electrons. The SMILES string of the molecule is CCC[C@H]1CN(CCS(C)(=O)=O)C[C@@H]1Nc1nccc(OC)n1. The Morgan fingerprint density at radius 2 is 2.22 bits per heavy atom. The Balaban J connectivity index is 2.00. The predicted molar refractivity (Wildman–Crippen MR) is 90.5 cm³/mol. The second kappa shape index (κ2) is 7.92. The molecule has 1 N–H and O–H groups in total. The summed E-state index contributed by atoms with van der Waals surface area (Å²) in [6.07, 6.45) is 5.14. The molecular formula is C15H26N4O3S. The van der Waals surface area contributed by atoms with Gasteiger partial charge in [0, 0.05) is 44.2 Å². The van der Waals surface area contributed by atoms with Gasteiger partial charge in [0.2, 0.25) is 11.8 Å². The fraction of sp³-hybridized carbons (Fsp3) is 0.733. The van der Waals surface area contributed by atoms with Gasteiger partial charge in [0.25, 0.3) is 0 Å². The van der Waals surface area contributed by atoms with Gasteiger partial charge in [0.15, 0.2) is 0 Å². The number of nitrogens with one attached hydrogen (secondary N) is 1. The van der Waals surface area contributed by atoms with Crippen molar-refractivity contribution in [3.63, 3.8) is 0 Å². The van der Waals surface area contributed by atoms with Gasteiger partial charge in [0.05, 0.1) is 12.9 Å². The molecule has 8 heteroatoms. The highest BCUT2D eigenvalue weighted by molar-refractivity contribution is 7.90. The fourth-order valence-electron chi connectivity index (χ4n) is 2.96. The first kappa shape index (κ1) is 17.9. The number of anilines is 1. The zero-order chi connectivity index (χ0) is 16.9. The Labute approximate surface area is 138 Å². The van der Waals surface area contributed by atoms with Crippen molar-refractivity contribution in [2.24, 2.45) is 5.92 Å². The van der Waals surface area contributed by atoms with Crippen molar-refractivity contribution in [3.05, 3.63) is 12.3 Å². The third kappa shape index (κ3) is 5.62. The van der Waals surface area contributed by atoms with Crippen LogP contribution in [-0.4, -0.2) is 68.1 Å². The van der Waals surface area contributed by atoms with Crippen molar-refractivity contribution < 1.29 is 13.2 Å². The number of sulfone groups is 1. The Hall–Kier alpha value is -1.41. The first-order valence-corrected chi connectivity index (χ1v) is 10.0. The highest BCUT2D eigenvalue weighted by atomic mass is 32.2. The standard InChI is InChI=1S/C15H26N4O3S/c1-4-5-12-10-19(8-9-23(3,20)21)11-13(12)17-15-16-7-6-14(18-15)22-2/h6-7,12-13H,4-5,8-11H2,1-3H3,(H,16,17,18)/t12-,13-/m0/s1. The molecule has 0 aromatic carbocycles. The molecule has 1 aliphatic heterocycles. The molecular weight excluding hydrogens is 316 g/mol. The van der Waals surface area contributed by atoms with Gasteiger partial charge in [-0.1, -0.05) is 13.3 Å². The largest absolute Gasteiger partial charge is 0.481 e. The average molecular weight is 342 g/mol. The summed E-state index contributed by atoms with van der Waals surface area (Å²) in [6, 6.07) is 1.93.